The summed E-state index contributed by atoms with van der Waals surface area (Å²) >= 11 is 0. The van der Waals surface area contributed by atoms with Crippen molar-refractivity contribution in [3.8, 4) is 5.75 Å². The number of pyridine rings is 1. The molecule has 0 radical (unpaired) electrons. The number of aromatic hydroxyl groups is 1. The summed E-state index contributed by atoms with van der Waals surface area (Å²) in [6.45, 7) is 2.63. The number of aliphatic hydroxyl groups is 1. The summed E-state index contributed by atoms with van der Waals surface area (Å²) in [6, 6.07) is 1.26. The number of aliphatic hydroxyl groups excluding tert-OH is 1. The van der Waals surface area contributed by atoms with E-state index in [1.54, 1.807) is 4.90 Å². The minimum atomic E-state index is -0.184. The van der Waals surface area contributed by atoms with Crippen molar-refractivity contribution in [2.45, 2.75) is 19.4 Å². The van der Waals surface area contributed by atoms with Gasteiger partial charge in [0.15, 0.2) is 0 Å². The molecule has 0 bridgehead atoms. The predicted octanol–water partition coefficient (Wildman–Crippen LogP) is 0.630. The number of nitrogens with zero attached hydrogens (tertiary/aromatic N) is 2. The summed E-state index contributed by atoms with van der Waals surface area (Å²) in [5.41, 5.74) is 0.359. The molecule has 92 valence electrons. The third-order valence-corrected chi connectivity index (χ3v) is 3.30. The summed E-state index contributed by atoms with van der Waals surface area (Å²) in [4.78, 5) is 17.6. The van der Waals surface area contributed by atoms with Crippen molar-refractivity contribution >= 4 is 5.91 Å². The molecule has 2 heterocycles. The van der Waals surface area contributed by atoms with E-state index in [4.69, 9.17) is 0 Å². The summed E-state index contributed by atoms with van der Waals surface area (Å²) in [6.07, 6.45) is 3.61. The van der Waals surface area contributed by atoms with Gasteiger partial charge in [0, 0.05) is 12.7 Å². The van der Waals surface area contributed by atoms with Crippen molar-refractivity contribution in [1.29, 1.82) is 0 Å². The lowest BCUT2D eigenvalue weighted by molar-refractivity contribution is 0.0647. The first kappa shape index (κ1) is 11.9. The van der Waals surface area contributed by atoms with E-state index in [2.05, 4.69) is 4.98 Å². The van der Waals surface area contributed by atoms with Gasteiger partial charge in [-0.15, -0.1) is 0 Å². The van der Waals surface area contributed by atoms with Crippen molar-refractivity contribution < 1.29 is 15.0 Å². The van der Waals surface area contributed by atoms with Gasteiger partial charge < -0.3 is 15.1 Å². The number of aromatic nitrogens is 1. The predicted molar refractivity (Wildman–Crippen MR) is 61.6 cm³/mol. The second-order valence-corrected chi connectivity index (χ2v) is 4.45. The van der Waals surface area contributed by atoms with Gasteiger partial charge in [-0.2, -0.15) is 0 Å². The van der Waals surface area contributed by atoms with Gasteiger partial charge in [-0.05, 0) is 18.4 Å². The molecule has 0 aliphatic carbocycles. The Balaban J connectivity index is 2.20. The van der Waals surface area contributed by atoms with Crippen LogP contribution < -0.4 is 0 Å². The van der Waals surface area contributed by atoms with Crippen LogP contribution in [0.25, 0.3) is 0 Å². The third kappa shape index (κ3) is 2.24. The Morgan fingerprint density at radius 2 is 2.35 bits per heavy atom. The molecule has 0 aromatic carbocycles. The van der Waals surface area contributed by atoms with Crippen molar-refractivity contribution in [3.63, 3.8) is 0 Å². The zero-order valence-corrected chi connectivity index (χ0v) is 9.71. The number of hydrogen-bond acceptors (Lipinski definition) is 4. The standard InChI is InChI=1S/C12H16N2O3/c1-8-2-3-14(11(8)7-15)12(17)9-4-10(16)6-13-5-9/h4-6,8,11,15-16H,2-3,7H2,1H3. The highest BCUT2D eigenvalue weighted by Crippen LogP contribution is 2.25. The maximum atomic E-state index is 12.2. The number of amides is 1. The highest BCUT2D eigenvalue weighted by Gasteiger charge is 2.34. The van der Waals surface area contributed by atoms with Crippen molar-refractivity contribution in [3.05, 3.63) is 24.0 Å². The number of carbonyl (C=O) groups is 1. The minimum absolute atomic E-state index is 0.0244. The molecule has 1 aromatic heterocycles. The van der Waals surface area contributed by atoms with E-state index in [9.17, 15) is 15.0 Å². The number of rotatable bonds is 2. The summed E-state index contributed by atoms with van der Waals surface area (Å²) in [7, 11) is 0. The monoisotopic (exact) mass is 236 g/mol. The van der Waals surface area contributed by atoms with Crippen LogP contribution >= 0.6 is 0 Å². The van der Waals surface area contributed by atoms with Gasteiger partial charge in [-0.1, -0.05) is 6.92 Å². The smallest absolute Gasteiger partial charge is 0.255 e. The Labute approximate surface area is 99.7 Å². The average molecular weight is 236 g/mol. The number of likely N-dealkylation sites (tertiary alicyclic amines) is 1. The Bertz CT molecular complexity index is 422. The summed E-state index contributed by atoms with van der Waals surface area (Å²) in [5, 5.41) is 18.6. The van der Waals surface area contributed by atoms with Crippen LogP contribution in [0.2, 0.25) is 0 Å². The molecule has 1 fully saturated rings. The molecular formula is C12H16N2O3. The molecule has 17 heavy (non-hydrogen) atoms. The van der Waals surface area contributed by atoms with Gasteiger partial charge in [-0.3, -0.25) is 9.78 Å². The van der Waals surface area contributed by atoms with E-state index in [-0.39, 0.29) is 24.3 Å². The van der Waals surface area contributed by atoms with Gasteiger partial charge in [0.2, 0.25) is 0 Å². The highest BCUT2D eigenvalue weighted by molar-refractivity contribution is 5.94. The molecule has 0 spiro atoms. The molecule has 2 rings (SSSR count). The van der Waals surface area contributed by atoms with E-state index >= 15 is 0 Å². The van der Waals surface area contributed by atoms with Gasteiger partial charge in [0.25, 0.3) is 5.91 Å². The van der Waals surface area contributed by atoms with Crippen LogP contribution in [0.1, 0.15) is 23.7 Å². The molecule has 1 aliphatic rings. The summed E-state index contributed by atoms with van der Waals surface area (Å²) < 4.78 is 0. The molecule has 2 unspecified atom stereocenters. The topological polar surface area (TPSA) is 73.7 Å². The van der Waals surface area contributed by atoms with Gasteiger partial charge >= 0.3 is 0 Å². The molecule has 5 nitrogen and oxygen atoms in total. The van der Waals surface area contributed by atoms with Crippen LogP contribution in [0.15, 0.2) is 18.5 Å². The minimum Gasteiger partial charge on any atom is -0.506 e. The fraction of sp³-hybridized carbons (Fsp3) is 0.500. The first-order valence-corrected chi connectivity index (χ1v) is 5.69. The molecule has 1 aromatic rings. The fourth-order valence-electron chi connectivity index (χ4n) is 2.25. The Morgan fingerprint density at radius 3 is 3.00 bits per heavy atom. The first-order valence-electron chi connectivity index (χ1n) is 5.69. The zero-order valence-electron chi connectivity index (χ0n) is 9.71. The highest BCUT2D eigenvalue weighted by atomic mass is 16.3. The largest absolute Gasteiger partial charge is 0.506 e. The molecule has 2 atom stereocenters. The van der Waals surface area contributed by atoms with Crippen LogP contribution in [-0.2, 0) is 0 Å². The zero-order chi connectivity index (χ0) is 12.4. The van der Waals surface area contributed by atoms with Crippen LogP contribution in [0.3, 0.4) is 0 Å². The molecule has 5 heteroatoms. The van der Waals surface area contributed by atoms with E-state index in [1.165, 1.54) is 18.5 Å². The van der Waals surface area contributed by atoms with E-state index < -0.39 is 0 Å². The second kappa shape index (κ2) is 4.71. The van der Waals surface area contributed by atoms with Crippen molar-refractivity contribution in [2.75, 3.05) is 13.2 Å². The molecule has 2 N–H and O–H groups in total. The average Bonchev–Trinajstić information content (AvgIpc) is 2.69. The van der Waals surface area contributed by atoms with Crippen LogP contribution in [0.5, 0.6) is 5.75 Å². The van der Waals surface area contributed by atoms with Crippen molar-refractivity contribution in [1.82, 2.24) is 9.88 Å². The molecule has 0 saturated carbocycles. The van der Waals surface area contributed by atoms with E-state index in [0.29, 0.717) is 18.0 Å². The molecule has 1 saturated heterocycles. The lowest BCUT2D eigenvalue weighted by Crippen LogP contribution is -2.39. The number of carbonyl (C=O) groups excluding carboxylic acids is 1. The maximum Gasteiger partial charge on any atom is 0.255 e. The maximum absolute atomic E-state index is 12.2. The fourth-order valence-corrected chi connectivity index (χ4v) is 2.25. The van der Waals surface area contributed by atoms with Gasteiger partial charge in [0.1, 0.15) is 5.75 Å². The SMILES string of the molecule is CC1CCN(C(=O)c2cncc(O)c2)C1CO. The van der Waals surface area contributed by atoms with Crippen LogP contribution in [-0.4, -0.2) is 45.2 Å². The van der Waals surface area contributed by atoms with Crippen LogP contribution in [0.4, 0.5) is 0 Å². The quantitative estimate of drug-likeness (QED) is 0.790. The molecular weight excluding hydrogens is 220 g/mol. The van der Waals surface area contributed by atoms with Gasteiger partial charge in [0.05, 0.1) is 24.4 Å². The van der Waals surface area contributed by atoms with Gasteiger partial charge in [-0.25, -0.2) is 0 Å². The molecule has 1 aliphatic heterocycles. The van der Waals surface area contributed by atoms with E-state index in [0.717, 1.165) is 6.42 Å². The second-order valence-electron chi connectivity index (χ2n) is 4.45. The lowest BCUT2D eigenvalue weighted by Gasteiger charge is -2.25. The lowest BCUT2D eigenvalue weighted by atomic mass is 10.0. The summed E-state index contributed by atoms with van der Waals surface area (Å²) in [5.74, 6) is 0.0923. The third-order valence-electron chi connectivity index (χ3n) is 3.30. The molecule has 1 amide bonds. The number of hydrogen-bond donors (Lipinski definition) is 2. The van der Waals surface area contributed by atoms with Crippen molar-refractivity contribution in [2.24, 2.45) is 5.92 Å². The Kier molecular flexibility index (Phi) is 3.28. The normalized spacial score (nSPS) is 24.0. The Hall–Kier alpha value is -1.62. The van der Waals surface area contributed by atoms with E-state index in [1.807, 2.05) is 6.92 Å². The van der Waals surface area contributed by atoms with Crippen LogP contribution in [0, 0.1) is 5.92 Å². The Morgan fingerprint density at radius 1 is 1.59 bits per heavy atom. The first-order chi connectivity index (χ1) is 8.13.